The average molecular weight is 395 g/mol. The van der Waals surface area contributed by atoms with Gasteiger partial charge in [0.2, 0.25) is 0 Å². The van der Waals surface area contributed by atoms with Crippen molar-refractivity contribution in [1.82, 2.24) is 20.2 Å². The number of rotatable bonds is 12. The molecule has 0 aromatic carbocycles. The van der Waals surface area contributed by atoms with Gasteiger partial charge in [0.05, 0.1) is 6.54 Å². The monoisotopic (exact) mass is 395 g/mol. The van der Waals surface area contributed by atoms with Crippen LogP contribution in [0.4, 0.5) is 13.2 Å². The molecule has 0 saturated carbocycles. The van der Waals surface area contributed by atoms with Gasteiger partial charge in [-0.2, -0.15) is 8.78 Å². The van der Waals surface area contributed by atoms with Crippen molar-refractivity contribution in [2.75, 3.05) is 7.05 Å². The Bertz CT molecular complexity index is 754. The normalized spacial score (nSPS) is 15.9. The molecule has 0 saturated heterocycles. The van der Waals surface area contributed by atoms with Crippen LogP contribution in [0.1, 0.15) is 19.3 Å². The van der Waals surface area contributed by atoms with E-state index in [0.29, 0.717) is 6.42 Å². The highest BCUT2D eigenvalue weighted by Gasteiger charge is 2.55. The highest BCUT2D eigenvalue weighted by molar-refractivity contribution is 6.01. The summed E-state index contributed by atoms with van der Waals surface area (Å²) in [5.41, 5.74) is -3.18. The summed E-state index contributed by atoms with van der Waals surface area (Å²) in [5, 5.41) is 21.2. The van der Waals surface area contributed by atoms with Gasteiger partial charge in [0.15, 0.2) is 5.60 Å². The maximum atomic E-state index is 15.1. The molecule has 1 aromatic rings. The third-order valence-corrected chi connectivity index (χ3v) is 3.83. The Balaban J connectivity index is 3.08. The van der Waals surface area contributed by atoms with E-state index in [1.54, 1.807) is 0 Å². The second-order valence-corrected chi connectivity index (χ2v) is 5.87. The van der Waals surface area contributed by atoms with Gasteiger partial charge in [-0.05, 0) is 47.9 Å². The first kappa shape index (κ1) is 23.2. The molecule has 1 aromatic heterocycles. The fraction of sp³-hybridized carbons (Fsp3) is 0.368. The van der Waals surface area contributed by atoms with Crippen LogP contribution in [0.2, 0.25) is 0 Å². The van der Waals surface area contributed by atoms with E-state index in [1.807, 2.05) is 0 Å². The van der Waals surface area contributed by atoms with Crippen LogP contribution in [-0.4, -0.2) is 49.6 Å². The fourth-order valence-electron chi connectivity index (χ4n) is 2.36. The van der Waals surface area contributed by atoms with E-state index in [0.717, 1.165) is 23.2 Å². The maximum Gasteiger partial charge on any atom is 0.319 e. The Kier molecular flexibility index (Phi) is 9.23. The first-order chi connectivity index (χ1) is 13.3. The van der Waals surface area contributed by atoms with E-state index < -0.39 is 29.6 Å². The zero-order valence-corrected chi connectivity index (χ0v) is 15.7. The molecule has 9 heteroatoms. The minimum absolute atomic E-state index is 0.00820. The van der Waals surface area contributed by atoms with Gasteiger partial charge in [0, 0.05) is 7.05 Å². The van der Waals surface area contributed by atoms with Gasteiger partial charge in [-0.3, -0.25) is 4.99 Å². The van der Waals surface area contributed by atoms with E-state index >= 15 is 8.78 Å². The van der Waals surface area contributed by atoms with Crippen LogP contribution in [-0.2, 0) is 6.54 Å². The van der Waals surface area contributed by atoms with Gasteiger partial charge in [0.25, 0.3) is 0 Å². The van der Waals surface area contributed by atoms with E-state index in [1.165, 1.54) is 37.4 Å². The summed E-state index contributed by atoms with van der Waals surface area (Å²) >= 11 is 0. The zero-order valence-electron chi connectivity index (χ0n) is 15.7. The summed E-state index contributed by atoms with van der Waals surface area (Å²) in [6.45, 7) is 6.34. The molecule has 0 bridgehead atoms. The van der Waals surface area contributed by atoms with Crippen molar-refractivity contribution < 1.29 is 18.3 Å². The first-order valence-corrected chi connectivity index (χ1v) is 8.51. The Hall–Kier alpha value is -2.81. The third kappa shape index (κ3) is 6.41. The molecular weight excluding hydrogens is 371 g/mol. The Morgan fingerprint density at radius 2 is 2.07 bits per heavy atom. The molecule has 0 aliphatic heterocycles. The third-order valence-electron chi connectivity index (χ3n) is 3.83. The molecule has 0 aliphatic carbocycles. The largest absolute Gasteiger partial charge is 0.381 e. The van der Waals surface area contributed by atoms with Gasteiger partial charge in [-0.25, -0.2) is 9.07 Å². The highest BCUT2D eigenvalue weighted by Crippen LogP contribution is 2.36. The summed E-state index contributed by atoms with van der Waals surface area (Å²) in [5.74, 6) is -4.24. The van der Waals surface area contributed by atoms with E-state index in [2.05, 4.69) is 33.7 Å². The van der Waals surface area contributed by atoms with Crippen LogP contribution in [0.25, 0.3) is 0 Å². The highest BCUT2D eigenvalue weighted by atomic mass is 19.3. The zero-order chi connectivity index (χ0) is 21.0. The number of nitrogens with zero attached hydrogens (tertiary/aromatic N) is 5. The lowest BCUT2D eigenvalue weighted by Crippen LogP contribution is -2.55. The SMILES string of the molecule is C=C/C=C\C(=N/C)C(F)(F)C(O)(CC/C=C\C(F)=C/CC=C)Cn1cnnn1. The minimum atomic E-state index is -3.72. The van der Waals surface area contributed by atoms with Gasteiger partial charge >= 0.3 is 5.92 Å². The van der Waals surface area contributed by atoms with Crippen LogP contribution in [0.15, 0.2) is 72.8 Å². The van der Waals surface area contributed by atoms with Crippen LogP contribution in [0, 0.1) is 0 Å². The predicted molar refractivity (Wildman–Crippen MR) is 103 cm³/mol. The molecule has 1 N–H and O–H groups in total. The lowest BCUT2D eigenvalue weighted by atomic mass is 9.86. The van der Waals surface area contributed by atoms with E-state index in [-0.39, 0.29) is 12.8 Å². The molecule has 1 unspecified atom stereocenters. The number of alkyl halides is 2. The molecule has 1 heterocycles. The quantitative estimate of drug-likeness (QED) is 0.333. The van der Waals surface area contributed by atoms with Crippen LogP contribution < -0.4 is 0 Å². The van der Waals surface area contributed by atoms with Crippen LogP contribution in [0.3, 0.4) is 0 Å². The second kappa shape index (κ2) is 11.1. The van der Waals surface area contributed by atoms with Crippen molar-refractivity contribution in [3.8, 4) is 0 Å². The molecule has 0 fully saturated rings. The molecule has 1 rings (SSSR count). The van der Waals surface area contributed by atoms with Crippen molar-refractivity contribution in [2.24, 2.45) is 4.99 Å². The minimum Gasteiger partial charge on any atom is -0.381 e. The number of halogens is 3. The number of aromatic nitrogens is 4. The van der Waals surface area contributed by atoms with Crippen molar-refractivity contribution in [1.29, 1.82) is 0 Å². The van der Waals surface area contributed by atoms with Crippen LogP contribution >= 0.6 is 0 Å². The molecule has 0 radical (unpaired) electrons. The number of aliphatic imine (C=N–C) groups is 1. The number of tetrazole rings is 1. The molecule has 152 valence electrons. The van der Waals surface area contributed by atoms with Gasteiger partial charge < -0.3 is 5.11 Å². The standard InChI is InChI=1S/C19H24F3N5O/c1-4-6-10-16(20)11-8-9-13-18(28,14-27-15-24-25-26-27)19(21,22)17(23-3)12-7-5-2/h4-5,7-8,10-12,15,28H,1-2,6,9,13-14H2,3H3/b11-8-,12-7-,16-10+,23-17+. The summed E-state index contributed by atoms with van der Waals surface area (Å²) in [4.78, 5) is 3.60. The number of hydrogen-bond acceptors (Lipinski definition) is 5. The van der Waals surface area contributed by atoms with Crippen molar-refractivity contribution >= 4 is 5.71 Å². The summed E-state index contributed by atoms with van der Waals surface area (Å²) < 4.78 is 44.8. The van der Waals surface area contributed by atoms with Crippen molar-refractivity contribution in [3.63, 3.8) is 0 Å². The van der Waals surface area contributed by atoms with Crippen LogP contribution in [0.5, 0.6) is 0 Å². The summed E-state index contributed by atoms with van der Waals surface area (Å²) in [7, 11) is 1.20. The molecule has 1 atom stereocenters. The van der Waals surface area contributed by atoms with Gasteiger partial charge in [-0.1, -0.05) is 30.9 Å². The number of hydrogen-bond donors (Lipinski definition) is 1. The smallest absolute Gasteiger partial charge is 0.319 e. The lowest BCUT2D eigenvalue weighted by molar-refractivity contribution is -0.149. The average Bonchev–Trinajstić information content (AvgIpc) is 3.16. The Morgan fingerprint density at radius 1 is 1.32 bits per heavy atom. The molecular formula is C19H24F3N5O. The number of allylic oxidation sites excluding steroid dienone is 8. The first-order valence-electron chi connectivity index (χ1n) is 8.51. The fourth-order valence-corrected chi connectivity index (χ4v) is 2.36. The predicted octanol–water partition coefficient (Wildman–Crippen LogP) is 3.62. The second-order valence-electron chi connectivity index (χ2n) is 5.87. The maximum absolute atomic E-state index is 15.1. The molecule has 0 amide bonds. The van der Waals surface area contributed by atoms with Gasteiger partial charge in [0.1, 0.15) is 17.9 Å². The number of aliphatic hydroxyl groups is 1. The lowest BCUT2D eigenvalue weighted by Gasteiger charge is -2.35. The summed E-state index contributed by atoms with van der Waals surface area (Å²) in [6.07, 6.45) is 10.1. The molecule has 28 heavy (non-hydrogen) atoms. The Labute approximate surface area is 162 Å². The topological polar surface area (TPSA) is 76.2 Å². The molecule has 6 nitrogen and oxygen atoms in total. The summed E-state index contributed by atoms with van der Waals surface area (Å²) in [6, 6.07) is 0. The molecule has 0 spiro atoms. The van der Waals surface area contributed by atoms with E-state index in [9.17, 15) is 9.50 Å². The van der Waals surface area contributed by atoms with Crippen molar-refractivity contribution in [3.05, 3.63) is 67.8 Å². The van der Waals surface area contributed by atoms with Gasteiger partial charge in [-0.15, -0.1) is 11.7 Å². The molecule has 0 aliphatic rings. The van der Waals surface area contributed by atoms with E-state index in [4.69, 9.17) is 0 Å². The Morgan fingerprint density at radius 3 is 2.64 bits per heavy atom. The van der Waals surface area contributed by atoms with Crippen molar-refractivity contribution in [2.45, 2.75) is 37.3 Å².